The Kier molecular flexibility index (Phi) is 11.6. The Morgan fingerprint density at radius 3 is 2.24 bits per heavy atom. The fraction of sp³-hybridized carbons (Fsp3) is 0.480. The maximum absolute atomic E-state index is 13.1. The van der Waals surface area contributed by atoms with Gasteiger partial charge in [0.15, 0.2) is 0 Å². The van der Waals surface area contributed by atoms with Crippen LogP contribution in [0.1, 0.15) is 32.3 Å². The molecule has 0 saturated carbocycles. The molecule has 0 saturated heterocycles. The van der Waals surface area contributed by atoms with Gasteiger partial charge < -0.3 is 37.5 Å². The van der Waals surface area contributed by atoms with Gasteiger partial charge in [-0.2, -0.15) is 11.8 Å². The summed E-state index contributed by atoms with van der Waals surface area (Å²) in [6, 6.07) is 2.86. The van der Waals surface area contributed by atoms with E-state index in [2.05, 4.69) is 20.9 Å². The second kappa shape index (κ2) is 14.4. The van der Waals surface area contributed by atoms with Crippen LogP contribution in [-0.4, -0.2) is 75.9 Å². The quantitative estimate of drug-likeness (QED) is 0.159. The molecule has 4 amide bonds. The van der Waals surface area contributed by atoms with Crippen LogP contribution in [0.15, 0.2) is 30.5 Å². The van der Waals surface area contributed by atoms with Crippen LogP contribution in [0.25, 0.3) is 10.9 Å². The SMILES string of the molecule is CSCCC(NC(=O)C(CC(N)=O)NC(=O)C(N)Cc1c[nH]c2ccccc12)C(=O)NC(C(=O)O)C(C)C. The van der Waals surface area contributed by atoms with Gasteiger partial charge in [-0.05, 0) is 42.4 Å². The number of para-hydroxylation sites is 1. The third-order valence-corrected chi connectivity index (χ3v) is 6.61. The molecule has 2 aromatic rings. The van der Waals surface area contributed by atoms with Crippen LogP contribution in [0.4, 0.5) is 0 Å². The van der Waals surface area contributed by atoms with Crippen LogP contribution in [0.2, 0.25) is 0 Å². The number of nitrogens with one attached hydrogen (secondary N) is 4. The van der Waals surface area contributed by atoms with E-state index in [0.29, 0.717) is 5.75 Å². The highest BCUT2D eigenvalue weighted by Crippen LogP contribution is 2.19. The molecular weight excluding hydrogens is 512 g/mol. The average Bonchev–Trinajstić information content (AvgIpc) is 3.26. The number of aromatic nitrogens is 1. The first-order valence-electron chi connectivity index (χ1n) is 12.2. The molecule has 0 aliphatic heterocycles. The summed E-state index contributed by atoms with van der Waals surface area (Å²) in [5.74, 6) is -4.12. The molecule has 1 aromatic heterocycles. The predicted molar refractivity (Wildman–Crippen MR) is 145 cm³/mol. The summed E-state index contributed by atoms with van der Waals surface area (Å²) in [7, 11) is 0. The number of hydrogen-bond donors (Lipinski definition) is 7. The molecule has 13 heteroatoms. The number of rotatable bonds is 15. The molecule has 208 valence electrons. The largest absolute Gasteiger partial charge is 0.480 e. The van der Waals surface area contributed by atoms with E-state index in [-0.39, 0.29) is 12.8 Å². The fourth-order valence-corrected chi connectivity index (χ4v) is 4.33. The van der Waals surface area contributed by atoms with Gasteiger partial charge in [0.05, 0.1) is 12.5 Å². The molecule has 12 nitrogen and oxygen atoms in total. The Hall–Kier alpha value is -3.58. The molecule has 4 atom stereocenters. The number of aliphatic carboxylic acids is 1. The fourth-order valence-electron chi connectivity index (χ4n) is 3.86. The Morgan fingerprint density at radius 2 is 1.63 bits per heavy atom. The number of fused-ring (bicyclic) bond motifs is 1. The molecule has 0 radical (unpaired) electrons. The van der Waals surface area contributed by atoms with Crippen molar-refractivity contribution in [3.05, 3.63) is 36.0 Å². The number of H-pyrrole nitrogens is 1. The van der Waals surface area contributed by atoms with E-state index < -0.39 is 66.1 Å². The lowest BCUT2D eigenvalue weighted by molar-refractivity contribution is -0.143. The number of aromatic amines is 1. The number of carboxylic acid groups (broad SMARTS) is 1. The number of carbonyl (C=O) groups is 5. The van der Waals surface area contributed by atoms with E-state index in [0.717, 1.165) is 16.5 Å². The number of carboxylic acids is 1. The minimum atomic E-state index is -1.38. The molecule has 0 spiro atoms. The summed E-state index contributed by atoms with van der Waals surface area (Å²) in [4.78, 5) is 65.1. The molecule has 4 unspecified atom stereocenters. The highest BCUT2D eigenvalue weighted by molar-refractivity contribution is 7.98. The normalized spacial score (nSPS) is 14.3. The number of primary amides is 1. The maximum atomic E-state index is 13.1. The first-order valence-corrected chi connectivity index (χ1v) is 13.6. The molecule has 38 heavy (non-hydrogen) atoms. The van der Waals surface area contributed by atoms with Crippen LogP contribution < -0.4 is 27.4 Å². The van der Waals surface area contributed by atoms with Crippen molar-refractivity contribution in [2.24, 2.45) is 17.4 Å². The zero-order valence-electron chi connectivity index (χ0n) is 21.7. The Morgan fingerprint density at radius 1 is 1.00 bits per heavy atom. The van der Waals surface area contributed by atoms with Crippen molar-refractivity contribution in [3.63, 3.8) is 0 Å². The van der Waals surface area contributed by atoms with Crippen LogP contribution in [0.5, 0.6) is 0 Å². The minimum absolute atomic E-state index is 0.172. The maximum Gasteiger partial charge on any atom is 0.326 e. The lowest BCUT2D eigenvalue weighted by Gasteiger charge is -2.25. The number of benzene rings is 1. The first kappa shape index (κ1) is 30.6. The third-order valence-electron chi connectivity index (χ3n) is 5.96. The van der Waals surface area contributed by atoms with Gasteiger partial charge in [0.2, 0.25) is 23.6 Å². The molecule has 0 fully saturated rings. The number of thioether (sulfide) groups is 1. The lowest BCUT2D eigenvalue weighted by Crippen LogP contribution is -2.58. The average molecular weight is 549 g/mol. The minimum Gasteiger partial charge on any atom is -0.480 e. The standard InChI is InChI=1S/C25H36N6O6S/c1-13(2)21(25(36)37)31-23(34)18(8-9-38-3)29-24(35)19(11-20(27)32)30-22(33)16(26)10-14-12-28-17-7-5-4-6-15(14)17/h4-7,12-13,16,18-19,21,28H,8-11,26H2,1-3H3,(H2,27,32)(H,29,35)(H,30,33)(H,31,34)(H,36,37). The molecule has 9 N–H and O–H groups in total. The molecule has 0 aliphatic carbocycles. The zero-order valence-corrected chi connectivity index (χ0v) is 22.5. The van der Waals surface area contributed by atoms with Crippen molar-refractivity contribution < 1.29 is 29.1 Å². The molecule has 1 aromatic carbocycles. The van der Waals surface area contributed by atoms with Crippen molar-refractivity contribution >= 4 is 52.3 Å². The third kappa shape index (κ3) is 8.77. The Bertz CT molecular complexity index is 1150. The van der Waals surface area contributed by atoms with Crippen molar-refractivity contribution in [1.82, 2.24) is 20.9 Å². The van der Waals surface area contributed by atoms with E-state index in [1.807, 2.05) is 30.5 Å². The van der Waals surface area contributed by atoms with E-state index in [1.54, 1.807) is 20.0 Å². The van der Waals surface area contributed by atoms with Gasteiger partial charge in [0.1, 0.15) is 18.1 Å². The number of carbonyl (C=O) groups excluding carboxylic acids is 4. The summed E-state index contributed by atoms with van der Waals surface area (Å²) in [6.45, 7) is 3.29. The molecule has 1 heterocycles. The van der Waals surface area contributed by atoms with Crippen molar-refractivity contribution in [1.29, 1.82) is 0 Å². The number of amides is 4. The summed E-state index contributed by atoms with van der Waals surface area (Å²) in [5.41, 5.74) is 13.1. The van der Waals surface area contributed by atoms with Gasteiger partial charge in [-0.3, -0.25) is 19.2 Å². The zero-order chi connectivity index (χ0) is 28.4. The van der Waals surface area contributed by atoms with Crippen molar-refractivity contribution in [2.45, 2.75) is 57.3 Å². The molecule has 0 bridgehead atoms. The van der Waals surface area contributed by atoms with E-state index in [4.69, 9.17) is 11.5 Å². The number of nitrogens with two attached hydrogens (primary N) is 2. The van der Waals surface area contributed by atoms with E-state index in [9.17, 15) is 29.1 Å². The van der Waals surface area contributed by atoms with Gasteiger partial charge in [-0.15, -0.1) is 0 Å². The lowest BCUT2D eigenvalue weighted by atomic mass is 10.0. The van der Waals surface area contributed by atoms with Crippen molar-refractivity contribution in [3.8, 4) is 0 Å². The van der Waals surface area contributed by atoms with Gasteiger partial charge in [0, 0.05) is 17.1 Å². The predicted octanol–water partition coefficient (Wildman–Crippen LogP) is -0.139. The summed E-state index contributed by atoms with van der Waals surface area (Å²) in [5, 5.41) is 17.8. The second-order valence-corrected chi connectivity index (χ2v) is 10.3. The highest BCUT2D eigenvalue weighted by atomic mass is 32.2. The van der Waals surface area contributed by atoms with Gasteiger partial charge in [-0.25, -0.2) is 4.79 Å². The van der Waals surface area contributed by atoms with Gasteiger partial charge in [0.25, 0.3) is 0 Å². The summed E-state index contributed by atoms with van der Waals surface area (Å²) < 4.78 is 0. The van der Waals surface area contributed by atoms with E-state index in [1.165, 1.54) is 11.8 Å². The molecule has 0 aliphatic rings. The van der Waals surface area contributed by atoms with Crippen LogP contribution in [0.3, 0.4) is 0 Å². The van der Waals surface area contributed by atoms with E-state index >= 15 is 0 Å². The summed E-state index contributed by atoms with van der Waals surface area (Å²) in [6.07, 6.45) is 3.42. The molecule has 2 rings (SSSR count). The summed E-state index contributed by atoms with van der Waals surface area (Å²) >= 11 is 1.43. The number of hydrogen-bond acceptors (Lipinski definition) is 7. The molecular formula is C25H36N6O6S. The second-order valence-electron chi connectivity index (χ2n) is 9.31. The highest BCUT2D eigenvalue weighted by Gasteiger charge is 2.32. The van der Waals surface area contributed by atoms with Gasteiger partial charge in [-0.1, -0.05) is 32.0 Å². The topological polar surface area (TPSA) is 209 Å². The van der Waals surface area contributed by atoms with Gasteiger partial charge >= 0.3 is 5.97 Å². The van der Waals surface area contributed by atoms with Crippen LogP contribution in [-0.2, 0) is 30.4 Å². The van der Waals surface area contributed by atoms with Crippen molar-refractivity contribution in [2.75, 3.05) is 12.0 Å². The Balaban J connectivity index is 2.13. The van der Waals surface area contributed by atoms with Crippen LogP contribution in [0, 0.1) is 5.92 Å². The Labute approximate surface area is 225 Å². The van der Waals surface area contributed by atoms with Crippen LogP contribution >= 0.6 is 11.8 Å². The smallest absolute Gasteiger partial charge is 0.326 e. The first-order chi connectivity index (χ1) is 17.9. The monoisotopic (exact) mass is 548 g/mol.